The topological polar surface area (TPSA) is 101 Å². The van der Waals surface area contributed by atoms with Gasteiger partial charge in [0.25, 0.3) is 17.1 Å². The fourth-order valence-electron chi connectivity index (χ4n) is 2.85. The Hall–Kier alpha value is -2.91. The van der Waals surface area contributed by atoms with Crippen LogP contribution in [0.15, 0.2) is 64.4 Å². The van der Waals surface area contributed by atoms with Crippen molar-refractivity contribution in [2.75, 3.05) is 18.8 Å². The number of sulfone groups is 1. The molecule has 1 N–H and O–H groups in total. The minimum absolute atomic E-state index is 0.00870. The summed E-state index contributed by atoms with van der Waals surface area (Å²) in [6.45, 7) is 1.51. The normalized spacial score (nSPS) is 15.6. The number of imide groups is 1. The van der Waals surface area contributed by atoms with Crippen LogP contribution in [0.25, 0.3) is 6.08 Å². The van der Waals surface area contributed by atoms with E-state index in [1.807, 2.05) is 30.3 Å². The number of rotatable bonds is 7. The number of amides is 3. The van der Waals surface area contributed by atoms with Crippen molar-refractivity contribution in [1.29, 1.82) is 0 Å². The molecule has 0 unspecified atom stereocenters. The second-order valence-electron chi connectivity index (χ2n) is 6.40. The summed E-state index contributed by atoms with van der Waals surface area (Å²) >= 11 is 0.847. The van der Waals surface area contributed by atoms with Crippen molar-refractivity contribution in [1.82, 2.24) is 10.2 Å². The SMILES string of the molecule is CCS(=O)(=O)c1ccccc1C(=O)NCCN1C(=O)S/C(=C\c2ccccc2)C1=O. The predicted octanol–water partition coefficient (Wildman–Crippen LogP) is 2.95. The van der Waals surface area contributed by atoms with Crippen molar-refractivity contribution in [3.05, 3.63) is 70.6 Å². The molecular formula is C21H20N2O5S2. The fourth-order valence-corrected chi connectivity index (χ4v) is 4.81. The van der Waals surface area contributed by atoms with Gasteiger partial charge >= 0.3 is 0 Å². The van der Waals surface area contributed by atoms with E-state index in [9.17, 15) is 22.8 Å². The van der Waals surface area contributed by atoms with Crippen LogP contribution in [-0.4, -0.2) is 49.2 Å². The van der Waals surface area contributed by atoms with Crippen LogP contribution < -0.4 is 5.32 Å². The van der Waals surface area contributed by atoms with E-state index in [1.165, 1.54) is 19.1 Å². The highest BCUT2D eigenvalue weighted by Gasteiger charge is 2.34. The molecule has 0 bridgehead atoms. The zero-order valence-corrected chi connectivity index (χ0v) is 17.8. The molecule has 30 heavy (non-hydrogen) atoms. The predicted molar refractivity (Wildman–Crippen MR) is 116 cm³/mol. The summed E-state index contributed by atoms with van der Waals surface area (Å²) in [6.07, 6.45) is 1.65. The van der Waals surface area contributed by atoms with Gasteiger partial charge in [0.15, 0.2) is 9.84 Å². The minimum atomic E-state index is -3.56. The molecule has 0 radical (unpaired) electrons. The molecule has 1 aliphatic rings. The second kappa shape index (κ2) is 9.27. The molecule has 3 amide bonds. The van der Waals surface area contributed by atoms with E-state index >= 15 is 0 Å². The summed E-state index contributed by atoms with van der Waals surface area (Å²) in [5, 5.41) is 2.18. The van der Waals surface area contributed by atoms with Crippen molar-refractivity contribution >= 4 is 44.7 Å². The molecule has 7 nitrogen and oxygen atoms in total. The number of hydrogen-bond acceptors (Lipinski definition) is 6. The molecular weight excluding hydrogens is 424 g/mol. The Morgan fingerprint density at radius 1 is 1.07 bits per heavy atom. The van der Waals surface area contributed by atoms with E-state index in [1.54, 1.807) is 18.2 Å². The molecule has 0 atom stereocenters. The van der Waals surface area contributed by atoms with Gasteiger partial charge in [0.2, 0.25) is 0 Å². The lowest BCUT2D eigenvalue weighted by Gasteiger charge is -2.14. The highest BCUT2D eigenvalue weighted by Crippen LogP contribution is 2.31. The standard InChI is InChI=1S/C21H20N2O5S2/c1-2-30(27,28)18-11-7-6-10-16(18)19(24)22-12-13-23-20(25)17(29-21(23)26)14-15-8-4-3-5-9-15/h3-11,14H,2,12-13H2,1H3,(H,22,24)/b17-14-. The van der Waals surface area contributed by atoms with Crippen LogP contribution in [0.4, 0.5) is 4.79 Å². The Bertz CT molecular complexity index is 1110. The summed E-state index contributed by atoms with van der Waals surface area (Å²) in [5.74, 6) is -1.12. The van der Waals surface area contributed by atoms with Crippen LogP contribution in [0.3, 0.4) is 0 Å². The summed E-state index contributed by atoms with van der Waals surface area (Å²) in [7, 11) is -3.56. The number of carbonyl (C=O) groups is 3. The number of thioether (sulfide) groups is 1. The Balaban J connectivity index is 1.65. The number of benzene rings is 2. The third-order valence-corrected chi connectivity index (χ3v) is 7.13. The van der Waals surface area contributed by atoms with Crippen molar-refractivity contribution < 1.29 is 22.8 Å². The summed E-state index contributed by atoms with van der Waals surface area (Å²) < 4.78 is 24.4. The van der Waals surface area contributed by atoms with Gasteiger partial charge in [-0.1, -0.05) is 49.4 Å². The monoisotopic (exact) mass is 444 g/mol. The van der Waals surface area contributed by atoms with Crippen molar-refractivity contribution in [3.63, 3.8) is 0 Å². The second-order valence-corrected chi connectivity index (χ2v) is 9.64. The van der Waals surface area contributed by atoms with E-state index in [2.05, 4.69) is 5.32 Å². The number of nitrogens with zero attached hydrogens (tertiary/aromatic N) is 1. The third kappa shape index (κ3) is 4.80. The van der Waals surface area contributed by atoms with Gasteiger partial charge in [-0.25, -0.2) is 8.42 Å². The van der Waals surface area contributed by atoms with Gasteiger partial charge in [-0.2, -0.15) is 0 Å². The van der Waals surface area contributed by atoms with E-state index in [0.29, 0.717) is 4.91 Å². The van der Waals surface area contributed by atoms with Crippen LogP contribution in [0, 0.1) is 0 Å². The van der Waals surface area contributed by atoms with E-state index in [-0.39, 0.29) is 29.3 Å². The molecule has 1 fully saturated rings. The van der Waals surface area contributed by atoms with E-state index in [4.69, 9.17) is 0 Å². The molecule has 1 aliphatic heterocycles. The zero-order valence-electron chi connectivity index (χ0n) is 16.2. The average Bonchev–Trinajstić information content (AvgIpc) is 3.01. The maximum Gasteiger partial charge on any atom is 0.293 e. The molecule has 0 aromatic heterocycles. The summed E-state index contributed by atoms with van der Waals surface area (Å²) in [6, 6.07) is 15.1. The van der Waals surface area contributed by atoms with Gasteiger partial charge in [-0.15, -0.1) is 0 Å². The maximum atomic E-state index is 12.5. The molecule has 1 heterocycles. The molecule has 1 saturated heterocycles. The highest BCUT2D eigenvalue weighted by molar-refractivity contribution is 8.18. The zero-order chi connectivity index (χ0) is 21.7. The largest absolute Gasteiger partial charge is 0.350 e. The van der Waals surface area contributed by atoms with E-state index in [0.717, 1.165) is 22.2 Å². The molecule has 0 saturated carbocycles. The number of carbonyl (C=O) groups excluding carboxylic acids is 3. The van der Waals surface area contributed by atoms with Crippen molar-refractivity contribution in [3.8, 4) is 0 Å². The van der Waals surface area contributed by atoms with Gasteiger partial charge < -0.3 is 5.32 Å². The van der Waals surface area contributed by atoms with Gasteiger partial charge in [-0.3, -0.25) is 19.3 Å². The van der Waals surface area contributed by atoms with Crippen LogP contribution >= 0.6 is 11.8 Å². The molecule has 156 valence electrons. The van der Waals surface area contributed by atoms with Crippen LogP contribution in [0.2, 0.25) is 0 Å². The Morgan fingerprint density at radius 2 is 1.73 bits per heavy atom. The third-order valence-electron chi connectivity index (χ3n) is 4.44. The number of hydrogen-bond donors (Lipinski definition) is 1. The smallest absolute Gasteiger partial charge is 0.293 e. The minimum Gasteiger partial charge on any atom is -0.350 e. The molecule has 0 spiro atoms. The lowest BCUT2D eigenvalue weighted by atomic mass is 10.2. The molecule has 3 rings (SSSR count). The van der Waals surface area contributed by atoms with Crippen LogP contribution in [0.1, 0.15) is 22.8 Å². The van der Waals surface area contributed by atoms with Gasteiger partial charge in [0, 0.05) is 13.1 Å². The Labute approximate surface area is 179 Å². The van der Waals surface area contributed by atoms with Gasteiger partial charge in [0.05, 0.1) is 21.1 Å². The Morgan fingerprint density at radius 3 is 2.43 bits per heavy atom. The first-order valence-corrected chi connectivity index (χ1v) is 11.7. The van der Waals surface area contributed by atoms with Crippen LogP contribution in [0.5, 0.6) is 0 Å². The molecule has 0 aliphatic carbocycles. The lowest BCUT2D eigenvalue weighted by Crippen LogP contribution is -2.37. The van der Waals surface area contributed by atoms with Gasteiger partial charge in [0.1, 0.15) is 0 Å². The first-order valence-electron chi connectivity index (χ1n) is 9.24. The summed E-state index contributed by atoms with van der Waals surface area (Å²) in [5.41, 5.74) is 0.850. The average molecular weight is 445 g/mol. The fraction of sp³-hybridized carbons (Fsp3) is 0.190. The van der Waals surface area contributed by atoms with Crippen molar-refractivity contribution in [2.45, 2.75) is 11.8 Å². The first kappa shape index (κ1) is 21.8. The van der Waals surface area contributed by atoms with E-state index < -0.39 is 26.9 Å². The molecule has 2 aromatic rings. The van der Waals surface area contributed by atoms with Crippen LogP contribution in [-0.2, 0) is 14.6 Å². The van der Waals surface area contributed by atoms with Gasteiger partial charge in [-0.05, 0) is 35.5 Å². The summed E-state index contributed by atoms with van der Waals surface area (Å²) in [4.78, 5) is 38.5. The lowest BCUT2D eigenvalue weighted by molar-refractivity contribution is -0.122. The number of nitrogens with one attached hydrogen (secondary N) is 1. The molecule has 2 aromatic carbocycles. The highest BCUT2D eigenvalue weighted by atomic mass is 32.2. The van der Waals surface area contributed by atoms with Crippen molar-refractivity contribution in [2.24, 2.45) is 0 Å². The molecule has 9 heteroatoms. The Kier molecular flexibility index (Phi) is 6.73. The quantitative estimate of drug-likeness (QED) is 0.659. The first-order chi connectivity index (χ1) is 14.3. The maximum absolute atomic E-state index is 12.5.